The number of H-pyrrole nitrogens is 1. The first kappa shape index (κ1) is 11.8. The van der Waals surface area contributed by atoms with Crippen molar-refractivity contribution in [3.05, 3.63) is 33.5 Å². The van der Waals surface area contributed by atoms with Gasteiger partial charge in [0, 0.05) is 4.88 Å². The van der Waals surface area contributed by atoms with E-state index in [1.54, 1.807) is 0 Å². The molecule has 1 unspecified atom stereocenters. The van der Waals surface area contributed by atoms with Gasteiger partial charge in [0.2, 0.25) is 0 Å². The summed E-state index contributed by atoms with van der Waals surface area (Å²) in [6.07, 6.45) is 1.43. The van der Waals surface area contributed by atoms with Gasteiger partial charge in [0.05, 0.1) is 10.9 Å². The Morgan fingerprint density at radius 1 is 1.53 bits per heavy atom. The highest BCUT2D eigenvalue weighted by atomic mass is 32.1. The van der Waals surface area contributed by atoms with Crippen LogP contribution in [0.2, 0.25) is 0 Å². The summed E-state index contributed by atoms with van der Waals surface area (Å²) in [4.78, 5) is 17.9. The first-order valence-electron chi connectivity index (χ1n) is 5.31. The maximum atomic E-state index is 12.0. The third-order valence-corrected chi connectivity index (χ3v) is 3.73. The molecule has 6 heteroatoms. The van der Waals surface area contributed by atoms with Crippen molar-refractivity contribution in [1.29, 1.82) is 0 Å². The van der Waals surface area contributed by atoms with E-state index < -0.39 is 0 Å². The Balaban J connectivity index is 2.07. The number of carbonyl (C=O) groups is 1. The van der Waals surface area contributed by atoms with Crippen LogP contribution in [0.1, 0.15) is 38.9 Å². The number of carbonyl (C=O) groups excluding carboxylic acids is 1. The molecule has 0 spiro atoms. The largest absolute Gasteiger partial charge is 0.342 e. The number of aryl methyl sites for hydroxylation is 2. The van der Waals surface area contributed by atoms with Gasteiger partial charge in [0.15, 0.2) is 0 Å². The Morgan fingerprint density at radius 2 is 2.29 bits per heavy atom. The van der Waals surface area contributed by atoms with E-state index in [0.29, 0.717) is 5.82 Å². The van der Waals surface area contributed by atoms with Gasteiger partial charge in [-0.3, -0.25) is 9.89 Å². The summed E-state index contributed by atoms with van der Waals surface area (Å²) in [5, 5.41) is 9.37. The maximum Gasteiger partial charge on any atom is 0.261 e. The van der Waals surface area contributed by atoms with E-state index in [9.17, 15) is 4.79 Å². The van der Waals surface area contributed by atoms with Crippen LogP contribution in [0.25, 0.3) is 0 Å². The summed E-state index contributed by atoms with van der Waals surface area (Å²) < 4.78 is 0. The van der Waals surface area contributed by atoms with Gasteiger partial charge in [0.1, 0.15) is 12.2 Å². The van der Waals surface area contributed by atoms with Crippen LogP contribution in [0, 0.1) is 13.8 Å². The average Bonchev–Trinajstić information content (AvgIpc) is 2.89. The number of hydrogen-bond donors (Lipinski definition) is 2. The number of nitrogens with zero attached hydrogens (tertiary/aromatic N) is 2. The molecule has 90 valence electrons. The summed E-state index contributed by atoms with van der Waals surface area (Å²) in [6.45, 7) is 5.88. The average molecular weight is 250 g/mol. The summed E-state index contributed by atoms with van der Waals surface area (Å²) in [5.74, 6) is 0.582. The fraction of sp³-hybridized carbons (Fsp3) is 0.364. The molecule has 2 aromatic rings. The van der Waals surface area contributed by atoms with Crippen LogP contribution in [0.3, 0.4) is 0 Å². The number of aromatic nitrogens is 3. The van der Waals surface area contributed by atoms with E-state index in [1.807, 2.05) is 26.8 Å². The Bertz CT molecular complexity index is 498. The molecule has 1 atom stereocenters. The smallest absolute Gasteiger partial charge is 0.261 e. The molecule has 17 heavy (non-hydrogen) atoms. The molecule has 1 amide bonds. The van der Waals surface area contributed by atoms with Crippen molar-refractivity contribution in [3.8, 4) is 0 Å². The van der Waals surface area contributed by atoms with Crippen molar-refractivity contribution in [2.45, 2.75) is 26.8 Å². The second kappa shape index (κ2) is 4.67. The van der Waals surface area contributed by atoms with E-state index in [0.717, 1.165) is 10.4 Å². The molecular formula is C11H14N4OS. The van der Waals surface area contributed by atoms with E-state index >= 15 is 0 Å². The lowest BCUT2D eigenvalue weighted by atomic mass is 10.2. The molecular weight excluding hydrogens is 236 g/mol. The fourth-order valence-corrected chi connectivity index (χ4v) is 2.38. The van der Waals surface area contributed by atoms with Crippen molar-refractivity contribution in [2.75, 3.05) is 0 Å². The van der Waals surface area contributed by atoms with Crippen LogP contribution in [0.5, 0.6) is 0 Å². The molecule has 0 aliphatic carbocycles. The molecule has 5 nitrogen and oxygen atoms in total. The Kier molecular flexibility index (Phi) is 3.23. The third-order valence-electron chi connectivity index (χ3n) is 2.58. The van der Waals surface area contributed by atoms with Crippen LogP contribution < -0.4 is 5.32 Å². The number of hydrogen-bond acceptors (Lipinski definition) is 4. The lowest BCUT2D eigenvalue weighted by Crippen LogP contribution is -2.26. The molecule has 0 saturated heterocycles. The second-order valence-electron chi connectivity index (χ2n) is 3.92. The van der Waals surface area contributed by atoms with Crippen molar-refractivity contribution in [1.82, 2.24) is 20.5 Å². The van der Waals surface area contributed by atoms with Gasteiger partial charge in [-0.25, -0.2) is 4.98 Å². The Hall–Kier alpha value is -1.69. The summed E-state index contributed by atoms with van der Waals surface area (Å²) in [7, 11) is 0. The molecule has 0 radical (unpaired) electrons. The molecule has 2 aromatic heterocycles. The van der Waals surface area contributed by atoms with Gasteiger partial charge in [-0.2, -0.15) is 5.10 Å². The third kappa shape index (κ3) is 2.52. The zero-order chi connectivity index (χ0) is 12.4. The van der Waals surface area contributed by atoms with Gasteiger partial charge >= 0.3 is 0 Å². The molecule has 0 bridgehead atoms. The van der Waals surface area contributed by atoms with Gasteiger partial charge in [-0.1, -0.05) is 0 Å². The number of nitrogens with one attached hydrogen (secondary N) is 2. The second-order valence-corrected chi connectivity index (χ2v) is 5.17. The topological polar surface area (TPSA) is 70.7 Å². The molecule has 2 rings (SSSR count). The molecule has 0 saturated carbocycles. The number of thiophene rings is 1. The predicted octanol–water partition coefficient (Wildman–Crippen LogP) is 1.97. The summed E-state index contributed by atoms with van der Waals surface area (Å²) >= 11 is 1.50. The minimum atomic E-state index is -0.173. The zero-order valence-electron chi connectivity index (χ0n) is 9.94. The molecule has 2 heterocycles. The highest BCUT2D eigenvalue weighted by Gasteiger charge is 2.15. The molecule has 2 N–H and O–H groups in total. The highest BCUT2D eigenvalue weighted by Crippen LogP contribution is 2.21. The minimum absolute atomic E-state index is 0.0740. The first-order valence-corrected chi connectivity index (χ1v) is 6.12. The number of amides is 1. The van der Waals surface area contributed by atoms with Crippen molar-refractivity contribution >= 4 is 17.2 Å². The van der Waals surface area contributed by atoms with Gasteiger partial charge in [0.25, 0.3) is 5.91 Å². The number of aromatic amines is 1. The Labute approximate surface area is 103 Å². The highest BCUT2D eigenvalue weighted by molar-refractivity contribution is 7.14. The monoisotopic (exact) mass is 250 g/mol. The van der Waals surface area contributed by atoms with Gasteiger partial charge in [-0.15, -0.1) is 11.3 Å². The van der Waals surface area contributed by atoms with Gasteiger partial charge in [-0.05, 0) is 32.4 Å². The van der Waals surface area contributed by atoms with E-state index in [2.05, 4.69) is 20.5 Å². The van der Waals surface area contributed by atoms with Crippen LogP contribution >= 0.6 is 11.3 Å². The molecule has 0 aliphatic heterocycles. The normalized spacial score (nSPS) is 12.4. The van der Waals surface area contributed by atoms with Crippen molar-refractivity contribution in [3.63, 3.8) is 0 Å². The first-order chi connectivity index (χ1) is 8.08. The number of rotatable bonds is 3. The van der Waals surface area contributed by atoms with E-state index in [4.69, 9.17) is 0 Å². The summed E-state index contributed by atoms with van der Waals surface area (Å²) in [6, 6.07) is 1.73. The van der Waals surface area contributed by atoms with E-state index in [1.165, 1.54) is 22.5 Å². The fourth-order valence-electron chi connectivity index (χ4n) is 1.44. The quantitative estimate of drug-likeness (QED) is 0.875. The van der Waals surface area contributed by atoms with E-state index in [-0.39, 0.29) is 11.9 Å². The van der Waals surface area contributed by atoms with Crippen LogP contribution in [0.4, 0.5) is 0 Å². The van der Waals surface area contributed by atoms with Crippen molar-refractivity contribution < 1.29 is 4.79 Å². The lowest BCUT2D eigenvalue weighted by Gasteiger charge is -2.09. The maximum absolute atomic E-state index is 12.0. The standard InChI is InChI=1S/C11H14N4OS/c1-6-4-9(17-8(6)3)11(16)14-7(2)10-12-5-13-15-10/h4-5,7H,1-3H3,(H,14,16)(H,12,13,15). The molecule has 0 fully saturated rings. The summed E-state index contributed by atoms with van der Waals surface area (Å²) in [5.41, 5.74) is 1.15. The lowest BCUT2D eigenvalue weighted by molar-refractivity contribution is 0.0942. The molecule has 0 aromatic carbocycles. The van der Waals surface area contributed by atoms with Crippen LogP contribution in [0.15, 0.2) is 12.4 Å². The van der Waals surface area contributed by atoms with Crippen molar-refractivity contribution in [2.24, 2.45) is 0 Å². The molecule has 0 aliphatic rings. The van der Waals surface area contributed by atoms with Gasteiger partial charge < -0.3 is 5.32 Å². The SMILES string of the molecule is Cc1cc(C(=O)NC(C)c2ncn[nH]2)sc1C. The Morgan fingerprint density at radius 3 is 2.82 bits per heavy atom. The van der Waals surface area contributed by atoms with Crippen LogP contribution in [-0.2, 0) is 0 Å². The minimum Gasteiger partial charge on any atom is -0.342 e. The zero-order valence-corrected chi connectivity index (χ0v) is 10.8. The van der Waals surface area contributed by atoms with Crippen LogP contribution in [-0.4, -0.2) is 21.1 Å². The predicted molar refractivity (Wildman–Crippen MR) is 66.1 cm³/mol.